The molecule has 88 valence electrons. The molecule has 0 spiro atoms. The highest BCUT2D eigenvalue weighted by molar-refractivity contribution is 5.88. The molecule has 1 aliphatic rings. The summed E-state index contributed by atoms with van der Waals surface area (Å²) >= 11 is 0. The molecule has 1 N–H and O–H groups in total. The van der Waals surface area contributed by atoms with Crippen molar-refractivity contribution < 1.29 is 9.90 Å². The van der Waals surface area contributed by atoms with Crippen molar-refractivity contribution in [2.75, 3.05) is 0 Å². The molecular formula is C13H24O2. The summed E-state index contributed by atoms with van der Waals surface area (Å²) in [6.45, 7) is 5.74. The molecule has 0 heterocycles. The second-order valence-corrected chi connectivity index (χ2v) is 5.12. The maximum absolute atomic E-state index is 12.0. The first-order valence-corrected chi connectivity index (χ1v) is 6.28. The Morgan fingerprint density at radius 2 is 1.80 bits per heavy atom. The van der Waals surface area contributed by atoms with Gasteiger partial charge in [-0.1, -0.05) is 20.3 Å². The van der Waals surface area contributed by atoms with Crippen LogP contribution in [0, 0.1) is 11.8 Å². The summed E-state index contributed by atoms with van der Waals surface area (Å²) in [5, 5.41) is 9.92. The van der Waals surface area contributed by atoms with Gasteiger partial charge in [-0.3, -0.25) is 4.79 Å². The third-order valence-electron chi connectivity index (χ3n) is 4.01. The number of aliphatic hydroxyl groups is 1. The number of rotatable bonds is 4. The predicted octanol–water partition coefficient (Wildman–Crippen LogP) is 2.93. The van der Waals surface area contributed by atoms with Crippen LogP contribution in [0.25, 0.3) is 0 Å². The van der Waals surface area contributed by atoms with Crippen LogP contribution in [0.4, 0.5) is 0 Å². The Kier molecular flexibility index (Phi) is 4.32. The highest BCUT2D eigenvalue weighted by Gasteiger charge is 2.35. The summed E-state index contributed by atoms with van der Waals surface area (Å²) in [5.41, 5.74) is -1.09. The molecule has 0 bridgehead atoms. The molecule has 0 amide bonds. The maximum atomic E-state index is 12.0. The van der Waals surface area contributed by atoms with Crippen molar-refractivity contribution in [1.82, 2.24) is 0 Å². The van der Waals surface area contributed by atoms with E-state index in [9.17, 15) is 9.90 Å². The minimum atomic E-state index is -1.09. The molecular weight excluding hydrogens is 188 g/mol. The van der Waals surface area contributed by atoms with Gasteiger partial charge in [-0.05, 0) is 44.9 Å². The van der Waals surface area contributed by atoms with Crippen molar-refractivity contribution in [3.8, 4) is 0 Å². The molecule has 2 nitrogen and oxygen atoms in total. The van der Waals surface area contributed by atoms with Gasteiger partial charge in [-0.2, -0.15) is 0 Å². The lowest BCUT2D eigenvalue weighted by Gasteiger charge is -2.31. The number of ketones is 1. The van der Waals surface area contributed by atoms with Crippen molar-refractivity contribution in [1.29, 1.82) is 0 Å². The second-order valence-electron chi connectivity index (χ2n) is 5.12. The van der Waals surface area contributed by atoms with Crippen LogP contribution < -0.4 is 0 Å². The van der Waals surface area contributed by atoms with Gasteiger partial charge >= 0.3 is 0 Å². The van der Waals surface area contributed by atoms with Gasteiger partial charge in [-0.25, -0.2) is 0 Å². The minimum absolute atomic E-state index is 0.0690. The van der Waals surface area contributed by atoms with Gasteiger partial charge in [0.05, 0.1) is 0 Å². The van der Waals surface area contributed by atoms with Gasteiger partial charge in [0.1, 0.15) is 5.60 Å². The van der Waals surface area contributed by atoms with Gasteiger partial charge in [0.2, 0.25) is 0 Å². The molecule has 1 atom stereocenters. The number of carbonyl (C=O) groups is 1. The smallest absolute Gasteiger partial charge is 0.167 e. The van der Waals surface area contributed by atoms with Crippen LogP contribution in [0.15, 0.2) is 0 Å². The zero-order chi connectivity index (χ0) is 11.5. The van der Waals surface area contributed by atoms with Gasteiger partial charge in [0.25, 0.3) is 0 Å². The third-order valence-corrected chi connectivity index (χ3v) is 4.01. The summed E-state index contributed by atoms with van der Waals surface area (Å²) in [4.78, 5) is 12.0. The average molecular weight is 212 g/mol. The van der Waals surface area contributed by atoms with Crippen molar-refractivity contribution in [2.45, 2.75) is 64.9 Å². The Balaban J connectivity index is 2.50. The van der Waals surface area contributed by atoms with Gasteiger partial charge in [-0.15, -0.1) is 0 Å². The highest BCUT2D eigenvalue weighted by atomic mass is 16.3. The fraction of sp³-hybridized carbons (Fsp3) is 0.923. The zero-order valence-corrected chi connectivity index (χ0v) is 10.3. The van der Waals surface area contributed by atoms with Crippen molar-refractivity contribution in [3.05, 3.63) is 0 Å². The monoisotopic (exact) mass is 212 g/mol. The van der Waals surface area contributed by atoms with E-state index in [4.69, 9.17) is 0 Å². The van der Waals surface area contributed by atoms with Crippen LogP contribution in [-0.4, -0.2) is 16.5 Å². The minimum Gasteiger partial charge on any atom is -0.382 e. The van der Waals surface area contributed by atoms with E-state index in [2.05, 4.69) is 6.92 Å². The Bertz CT molecular complexity index is 213. The van der Waals surface area contributed by atoms with E-state index in [1.807, 2.05) is 6.92 Å². The van der Waals surface area contributed by atoms with Gasteiger partial charge in [0, 0.05) is 5.92 Å². The predicted molar refractivity (Wildman–Crippen MR) is 61.7 cm³/mol. The van der Waals surface area contributed by atoms with Crippen molar-refractivity contribution >= 4 is 5.78 Å². The number of Topliss-reactive ketones (excluding diaryl/α,β-unsaturated/α-hetero) is 1. The maximum Gasteiger partial charge on any atom is 0.167 e. The van der Waals surface area contributed by atoms with E-state index in [0.717, 1.165) is 31.6 Å². The molecule has 0 aromatic heterocycles. The Hall–Kier alpha value is -0.370. The number of carbonyl (C=O) groups excluding carboxylic acids is 1. The van der Waals surface area contributed by atoms with E-state index in [0.29, 0.717) is 6.42 Å². The topological polar surface area (TPSA) is 37.3 Å². The lowest BCUT2D eigenvalue weighted by molar-refractivity contribution is -0.141. The molecule has 1 aliphatic carbocycles. The number of hydrogen-bond acceptors (Lipinski definition) is 2. The highest BCUT2D eigenvalue weighted by Crippen LogP contribution is 2.33. The molecule has 1 fully saturated rings. The third kappa shape index (κ3) is 3.04. The summed E-state index contributed by atoms with van der Waals surface area (Å²) < 4.78 is 0. The largest absolute Gasteiger partial charge is 0.382 e. The summed E-state index contributed by atoms with van der Waals surface area (Å²) in [7, 11) is 0. The zero-order valence-electron chi connectivity index (χ0n) is 10.3. The van der Waals surface area contributed by atoms with Gasteiger partial charge < -0.3 is 5.11 Å². The Morgan fingerprint density at radius 3 is 2.20 bits per heavy atom. The van der Waals surface area contributed by atoms with E-state index in [1.165, 1.54) is 6.42 Å². The van der Waals surface area contributed by atoms with E-state index >= 15 is 0 Å². The van der Waals surface area contributed by atoms with E-state index in [-0.39, 0.29) is 11.7 Å². The van der Waals surface area contributed by atoms with Crippen LogP contribution in [0.3, 0.4) is 0 Å². The SMILES string of the molecule is CCC1CCC(C(=O)C(C)(O)CC)CC1. The van der Waals surface area contributed by atoms with Crippen LogP contribution in [0.1, 0.15) is 59.3 Å². The standard InChI is InChI=1S/C13H24O2/c1-4-10-6-8-11(9-7-10)12(14)13(3,15)5-2/h10-11,15H,4-9H2,1-3H3. The molecule has 1 saturated carbocycles. The van der Waals surface area contributed by atoms with Gasteiger partial charge in [0.15, 0.2) is 5.78 Å². The van der Waals surface area contributed by atoms with Crippen LogP contribution in [0.2, 0.25) is 0 Å². The molecule has 0 radical (unpaired) electrons. The average Bonchev–Trinajstić information content (AvgIpc) is 2.28. The Morgan fingerprint density at radius 1 is 1.27 bits per heavy atom. The fourth-order valence-electron chi connectivity index (χ4n) is 2.45. The summed E-state index contributed by atoms with van der Waals surface area (Å²) in [6.07, 6.45) is 6.03. The first kappa shape index (κ1) is 12.7. The van der Waals surface area contributed by atoms with Crippen LogP contribution in [0.5, 0.6) is 0 Å². The molecule has 0 saturated heterocycles. The van der Waals surface area contributed by atoms with E-state index < -0.39 is 5.60 Å². The lowest BCUT2D eigenvalue weighted by atomic mass is 9.75. The number of hydrogen-bond donors (Lipinski definition) is 1. The van der Waals surface area contributed by atoms with Crippen LogP contribution >= 0.6 is 0 Å². The molecule has 1 rings (SSSR count). The Labute approximate surface area is 93.1 Å². The molecule has 0 aromatic rings. The first-order valence-electron chi connectivity index (χ1n) is 6.28. The summed E-state index contributed by atoms with van der Waals surface area (Å²) in [6, 6.07) is 0. The quantitative estimate of drug-likeness (QED) is 0.778. The molecule has 1 unspecified atom stereocenters. The first-order chi connectivity index (χ1) is 7.01. The fourth-order valence-corrected chi connectivity index (χ4v) is 2.45. The van der Waals surface area contributed by atoms with Crippen molar-refractivity contribution in [2.24, 2.45) is 11.8 Å². The van der Waals surface area contributed by atoms with Crippen molar-refractivity contribution in [3.63, 3.8) is 0 Å². The lowest BCUT2D eigenvalue weighted by Crippen LogP contribution is -2.40. The molecule has 15 heavy (non-hydrogen) atoms. The normalized spacial score (nSPS) is 30.9. The van der Waals surface area contributed by atoms with Crippen LogP contribution in [-0.2, 0) is 4.79 Å². The summed E-state index contributed by atoms with van der Waals surface area (Å²) in [5.74, 6) is 0.989. The van der Waals surface area contributed by atoms with E-state index in [1.54, 1.807) is 6.92 Å². The molecule has 0 aromatic carbocycles. The molecule has 2 heteroatoms. The second kappa shape index (κ2) is 5.11. The molecule has 0 aliphatic heterocycles.